The molecule has 0 aliphatic heterocycles. The molecular formula is C19H18N4O2. The summed E-state index contributed by atoms with van der Waals surface area (Å²) in [6.07, 6.45) is 5.83. The van der Waals surface area contributed by atoms with Gasteiger partial charge in [0.2, 0.25) is 11.8 Å². The highest BCUT2D eigenvalue weighted by atomic mass is 16.5. The van der Waals surface area contributed by atoms with E-state index in [0.717, 1.165) is 36.3 Å². The lowest BCUT2D eigenvalue weighted by atomic mass is 9.87. The molecule has 1 amide bonds. The molecule has 1 atom stereocenters. The molecule has 6 heteroatoms. The number of nitrogens with one attached hydrogen (secondary N) is 2. The quantitative estimate of drug-likeness (QED) is 0.767. The normalized spacial score (nSPS) is 16.1. The number of anilines is 1. The first-order chi connectivity index (χ1) is 12.3. The van der Waals surface area contributed by atoms with Crippen LogP contribution < -0.4 is 10.1 Å². The summed E-state index contributed by atoms with van der Waals surface area (Å²) >= 11 is 0. The average molecular weight is 334 g/mol. The van der Waals surface area contributed by atoms with E-state index < -0.39 is 0 Å². The second kappa shape index (κ2) is 6.76. The average Bonchev–Trinajstić information content (AvgIpc) is 3.12. The highest BCUT2D eigenvalue weighted by Gasteiger charge is 2.25. The third kappa shape index (κ3) is 3.52. The van der Waals surface area contributed by atoms with Crippen molar-refractivity contribution in [3.63, 3.8) is 0 Å². The maximum absolute atomic E-state index is 12.5. The highest BCUT2D eigenvalue weighted by Crippen LogP contribution is 2.25. The van der Waals surface area contributed by atoms with Gasteiger partial charge in [-0.3, -0.25) is 9.89 Å². The highest BCUT2D eigenvalue weighted by molar-refractivity contribution is 5.92. The molecule has 126 valence electrons. The number of aromatic nitrogens is 3. The van der Waals surface area contributed by atoms with Gasteiger partial charge in [0, 0.05) is 17.7 Å². The molecule has 1 unspecified atom stereocenters. The molecule has 1 aliphatic rings. The topological polar surface area (TPSA) is 79.9 Å². The minimum atomic E-state index is -0.0367. The predicted octanol–water partition coefficient (Wildman–Crippen LogP) is 3.34. The second-order valence-corrected chi connectivity index (χ2v) is 6.10. The number of H-pyrrole nitrogens is 1. The zero-order valence-electron chi connectivity index (χ0n) is 13.6. The van der Waals surface area contributed by atoms with Crippen molar-refractivity contribution in [2.24, 2.45) is 5.92 Å². The van der Waals surface area contributed by atoms with Gasteiger partial charge in [0.1, 0.15) is 5.75 Å². The number of nitrogens with zero attached hydrogens (tertiary/aromatic N) is 2. The Hall–Kier alpha value is -3.15. The number of benzene rings is 1. The second-order valence-electron chi connectivity index (χ2n) is 6.10. The van der Waals surface area contributed by atoms with Gasteiger partial charge in [-0.25, -0.2) is 4.98 Å². The molecule has 2 N–H and O–H groups in total. The van der Waals surface area contributed by atoms with Gasteiger partial charge in [-0.15, -0.1) is 0 Å². The predicted molar refractivity (Wildman–Crippen MR) is 93.5 cm³/mol. The molecule has 0 fully saturated rings. The molecule has 1 aliphatic carbocycles. The van der Waals surface area contributed by atoms with Crippen molar-refractivity contribution in [1.29, 1.82) is 0 Å². The van der Waals surface area contributed by atoms with Crippen molar-refractivity contribution in [3.8, 4) is 11.6 Å². The third-order valence-electron chi connectivity index (χ3n) is 4.36. The van der Waals surface area contributed by atoms with Gasteiger partial charge in [-0.1, -0.05) is 18.2 Å². The number of carbonyl (C=O) groups is 1. The number of fused-ring (bicyclic) bond motifs is 1. The largest absolute Gasteiger partial charge is 0.439 e. The molecule has 2 aromatic heterocycles. The van der Waals surface area contributed by atoms with Gasteiger partial charge in [0.05, 0.1) is 18.1 Å². The van der Waals surface area contributed by atoms with E-state index in [1.54, 1.807) is 18.3 Å². The summed E-state index contributed by atoms with van der Waals surface area (Å²) in [5, 5.41) is 9.97. The molecule has 0 spiro atoms. The van der Waals surface area contributed by atoms with Gasteiger partial charge >= 0.3 is 0 Å². The van der Waals surface area contributed by atoms with Crippen molar-refractivity contribution < 1.29 is 9.53 Å². The number of ether oxygens (including phenoxy) is 1. The Morgan fingerprint density at radius 1 is 1.16 bits per heavy atom. The first-order valence-corrected chi connectivity index (χ1v) is 8.29. The summed E-state index contributed by atoms with van der Waals surface area (Å²) in [4.78, 5) is 16.7. The van der Waals surface area contributed by atoms with Crippen molar-refractivity contribution in [3.05, 3.63) is 66.1 Å². The molecule has 2 heterocycles. The van der Waals surface area contributed by atoms with Crippen LogP contribution in [0.4, 0.5) is 5.69 Å². The van der Waals surface area contributed by atoms with Crippen LogP contribution in [0.15, 0.2) is 54.9 Å². The molecule has 6 nitrogen and oxygen atoms in total. The minimum Gasteiger partial charge on any atom is -0.439 e. The number of rotatable bonds is 4. The number of pyridine rings is 1. The van der Waals surface area contributed by atoms with E-state index in [4.69, 9.17) is 4.74 Å². The molecule has 0 saturated carbocycles. The third-order valence-corrected chi connectivity index (χ3v) is 4.36. The Labute approximate surface area is 145 Å². The van der Waals surface area contributed by atoms with E-state index in [-0.39, 0.29) is 11.8 Å². The lowest BCUT2D eigenvalue weighted by molar-refractivity contribution is -0.120. The number of amides is 1. The van der Waals surface area contributed by atoms with E-state index >= 15 is 0 Å². The summed E-state index contributed by atoms with van der Waals surface area (Å²) in [6, 6.07) is 13.0. The summed E-state index contributed by atoms with van der Waals surface area (Å²) in [5.74, 6) is 1.20. The maximum Gasteiger partial charge on any atom is 0.227 e. The van der Waals surface area contributed by atoms with Crippen LogP contribution >= 0.6 is 0 Å². The minimum absolute atomic E-state index is 0.0189. The fraction of sp³-hybridized carbons (Fsp3) is 0.211. The Morgan fingerprint density at radius 3 is 2.84 bits per heavy atom. The van der Waals surface area contributed by atoms with Crippen LogP contribution in [-0.4, -0.2) is 21.1 Å². The number of aryl methyl sites for hydroxylation is 1. The van der Waals surface area contributed by atoms with Crippen molar-refractivity contribution >= 4 is 11.6 Å². The van der Waals surface area contributed by atoms with Gasteiger partial charge in [-0.05, 0) is 43.0 Å². The van der Waals surface area contributed by atoms with Crippen LogP contribution in [0.5, 0.6) is 11.6 Å². The van der Waals surface area contributed by atoms with Crippen LogP contribution in [0, 0.1) is 5.92 Å². The standard InChI is InChI=1S/C19H18N4O2/c24-19(13-6-8-17-14(10-13)11-21-23-17)22-15-7-9-18(20-12-15)25-16-4-2-1-3-5-16/h1-5,7,9,11-13H,6,8,10H2,(H,21,23)(H,22,24). The smallest absolute Gasteiger partial charge is 0.227 e. The van der Waals surface area contributed by atoms with Crippen LogP contribution in [0.2, 0.25) is 0 Å². The number of hydrogen-bond acceptors (Lipinski definition) is 4. The Bertz CT molecular complexity index is 859. The molecule has 25 heavy (non-hydrogen) atoms. The lowest BCUT2D eigenvalue weighted by Gasteiger charge is -2.20. The van der Waals surface area contributed by atoms with E-state index in [1.165, 1.54) is 0 Å². The number of hydrogen-bond donors (Lipinski definition) is 2. The SMILES string of the molecule is O=C(Nc1ccc(Oc2ccccc2)nc1)C1CCc2[nH]ncc2C1. The number of carbonyl (C=O) groups excluding carboxylic acids is 1. The van der Waals surface area contributed by atoms with Crippen LogP contribution in [0.3, 0.4) is 0 Å². The first-order valence-electron chi connectivity index (χ1n) is 8.29. The summed E-state index contributed by atoms with van der Waals surface area (Å²) < 4.78 is 5.65. The monoisotopic (exact) mass is 334 g/mol. The van der Waals surface area contributed by atoms with Gasteiger partial charge in [-0.2, -0.15) is 5.10 Å². The molecule has 4 rings (SSSR count). The lowest BCUT2D eigenvalue weighted by Crippen LogP contribution is -2.27. The molecule has 0 radical (unpaired) electrons. The van der Waals surface area contributed by atoms with Crippen LogP contribution in [0.1, 0.15) is 17.7 Å². The summed E-state index contributed by atoms with van der Waals surface area (Å²) in [5.41, 5.74) is 2.95. The maximum atomic E-state index is 12.5. The van der Waals surface area contributed by atoms with Gasteiger partial charge in [0.15, 0.2) is 0 Å². The van der Waals surface area contributed by atoms with E-state index in [2.05, 4.69) is 20.5 Å². The van der Waals surface area contributed by atoms with E-state index in [0.29, 0.717) is 11.6 Å². The molecular weight excluding hydrogens is 316 g/mol. The Balaban J connectivity index is 1.37. The molecule has 0 bridgehead atoms. The zero-order chi connectivity index (χ0) is 17.1. The fourth-order valence-electron chi connectivity index (χ4n) is 3.01. The van der Waals surface area contributed by atoms with E-state index in [1.807, 2.05) is 36.5 Å². The van der Waals surface area contributed by atoms with Gasteiger partial charge < -0.3 is 10.1 Å². The van der Waals surface area contributed by atoms with Crippen molar-refractivity contribution in [1.82, 2.24) is 15.2 Å². The summed E-state index contributed by atoms with van der Waals surface area (Å²) in [7, 11) is 0. The molecule has 1 aromatic carbocycles. The summed E-state index contributed by atoms with van der Waals surface area (Å²) in [6.45, 7) is 0. The number of aromatic amines is 1. The molecule has 0 saturated heterocycles. The fourth-order valence-corrected chi connectivity index (χ4v) is 3.01. The Kier molecular flexibility index (Phi) is 4.16. The van der Waals surface area contributed by atoms with Crippen LogP contribution in [-0.2, 0) is 17.6 Å². The van der Waals surface area contributed by atoms with Crippen molar-refractivity contribution in [2.45, 2.75) is 19.3 Å². The first kappa shape index (κ1) is 15.4. The number of para-hydroxylation sites is 1. The molecule has 3 aromatic rings. The van der Waals surface area contributed by atoms with Gasteiger partial charge in [0.25, 0.3) is 0 Å². The van der Waals surface area contributed by atoms with E-state index in [9.17, 15) is 4.79 Å². The van der Waals surface area contributed by atoms with Crippen molar-refractivity contribution in [2.75, 3.05) is 5.32 Å². The Morgan fingerprint density at radius 2 is 2.04 bits per heavy atom. The van der Waals surface area contributed by atoms with Crippen LogP contribution in [0.25, 0.3) is 0 Å². The zero-order valence-corrected chi connectivity index (χ0v) is 13.6.